The van der Waals surface area contributed by atoms with Crippen molar-refractivity contribution in [1.82, 2.24) is 4.98 Å². The van der Waals surface area contributed by atoms with Crippen LogP contribution in [0.15, 0.2) is 24.4 Å². The standard InChI is InChI=1S/C14H13ClFN3O2/c15-8-1-4-12-11(5-8)14(13(7-17-12)19(20)21)18-10-3-2-9(16)6-10/h1,4-5,7,9-10H,2-3,6H2,(H,17,18)/t9-,10+/m0/s1. The van der Waals surface area contributed by atoms with Crippen LogP contribution in [0.2, 0.25) is 5.02 Å². The highest BCUT2D eigenvalue weighted by Crippen LogP contribution is 2.35. The summed E-state index contributed by atoms with van der Waals surface area (Å²) >= 11 is 5.98. The Bertz CT molecular complexity index is 710. The summed E-state index contributed by atoms with van der Waals surface area (Å²) in [5.74, 6) is 0. The minimum Gasteiger partial charge on any atom is -0.376 e. The Morgan fingerprint density at radius 2 is 2.24 bits per heavy atom. The lowest BCUT2D eigenvalue weighted by molar-refractivity contribution is -0.384. The zero-order valence-corrected chi connectivity index (χ0v) is 11.8. The number of hydrogen-bond acceptors (Lipinski definition) is 4. The fraction of sp³-hybridized carbons (Fsp3) is 0.357. The van der Waals surface area contributed by atoms with Gasteiger partial charge in [0.2, 0.25) is 0 Å². The minimum absolute atomic E-state index is 0.108. The zero-order chi connectivity index (χ0) is 15.0. The van der Waals surface area contributed by atoms with E-state index in [1.807, 2.05) is 0 Å². The van der Waals surface area contributed by atoms with Crippen LogP contribution in [-0.4, -0.2) is 22.1 Å². The summed E-state index contributed by atoms with van der Waals surface area (Å²) in [4.78, 5) is 14.8. The number of rotatable bonds is 3. The Kier molecular flexibility index (Phi) is 3.63. The molecule has 0 radical (unpaired) electrons. The molecule has 0 amide bonds. The van der Waals surface area contributed by atoms with Gasteiger partial charge in [0.1, 0.15) is 18.1 Å². The van der Waals surface area contributed by atoms with Gasteiger partial charge in [0.25, 0.3) is 0 Å². The molecular weight excluding hydrogens is 297 g/mol. The van der Waals surface area contributed by atoms with Gasteiger partial charge in [-0.3, -0.25) is 10.1 Å². The van der Waals surface area contributed by atoms with E-state index in [2.05, 4.69) is 10.3 Å². The van der Waals surface area contributed by atoms with Gasteiger partial charge < -0.3 is 5.32 Å². The van der Waals surface area contributed by atoms with Gasteiger partial charge in [-0.05, 0) is 37.5 Å². The molecule has 0 saturated heterocycles. The van der Waals surface area contributed by atoms with Gasteiger partial charge in [0, 0.05) is 16.5 Å². The Morgan fingerprint density at radius 1 is 1.43 bits per heavy atom. The number of alkyl halides is 1. The van der Waals surface area contributed by atoms with Gasteiger partial charge in [-0.15, -0.1) is 0 Å². The van der Waals surface area contributed by atoms with Crippen LogP contribution in [0.25, 0.3) is 10.9 Å². The summed E-state index contributed by atoms with van der Waals surface area (Å²) in [7, 11) is 0. The van der Waals surface area contributed by atoms with Crippen molar-refractivity contribution >= 4 is 33.9 Å². The minimum atomic E-state index is -0.849. The summed E-state index contributed by atoms with van der Waals surface area (Å²) in [6.45, 7) is 0. The smallest absolute Gasteiger partial charge is 0.311 e. The summed E-state index contributed by atoms with van der Waals surface area (Å²) in [5.41, 5.74) is 0.862. The van der Waals surface area contributed by atoms with Crippen LogP contribution in [0.1, 0.15) is 19.3 Å². The monoisotopic (exact) mass is 309 g/mol. The molecule has 3 rings (SSSR count). The van der Waals surface area contributed by atoms with Crippen LogP contribution < -0.4 is 5.32 Å². The first-order chi connectivity index (χ1) is 10.0. The van der Waals surface area contributed by atoms with Crippen molar-refractivity contribution in [2.24, 2.45) is 0 Å². The number of halogens is 2. The van der Waals surface area contributed by atoms with Crippen LogP contribution in [0.5, 0.6) is 0 Å². The number of nitro groups is 1. The first kappa shape index (κ1) is 14.0. The highest BCUT2D eigenvalue weighted by molar-refractivity contribution is 6.31. The molecule has 1 fully saturated rings. The van der Waals surface area contributed by atoms with E-state index in [9.17, 15) is 14.5 Å². The third kappa shape index (κ3) is 2.76. The van der Waals surface area contributed by atoms with E-state index >= 15 is 0 Å². The molecule has 7 heteroatoms. The Hall–Kier alpha value is -1.95. The quantitative estimate of drug-likeness (QED) is 0.684. The third-order valence-corrected chi connectivity index (χ3v) is 3.96. The fourth-order valence-electron chi connectivity index (χ4n) is 2.71. The molecule has 0 bridgehead atoms. The van der Waals surface area contributed by atoms with Crippen molar-refractivity contribution < 1.29 is 9.31 Å². The van der Waals surface area contributed by atoms with E-state index < -0.39 is 11.1 Å². The molecule has 1 N–H and O–H groups in total. The molecule has 5 nitrogen and oxygen atoms in total. The van der Waals surface area contributed by atoms with Crippen molar-refractivity contribution in [2.45, 2.75) is 31.5 Å². The maximum Gasteiger partial charge on any atom is 0.311 e. The van der Waals surface area contributed by atoms with Crippen molar-refractivity contribution in [3.8, 4) is 0 Å². The third-order valence-electron chi connectivity index (χ3n) is 3.72. The lowest BCUT2D eigenvalue weighted by Gasteiger charge is -2.15. The number of hydrogen-bond donors (Lipinski definition) is 1. The number of pyridine rings is 1. The molecule has 1 aliphatic rings. The average molecular weight is 310 g/mol. The second kappa shape index (κ2) is 5.44. The Morgan fingerprint density at radius 3 is 2.90 bits per heavy atom. The molecule has 0 spiro atoms. The predicted molar refractivity (Wildman–Crippen MR) is 79.6 cm³/mol. The highest BCUT2D eigenvalue weighted by atomic mass is 35.5. The van der Waals surface area contributed by atoms with Crippen LogP contribution in [0.3, 0.4) is 0 Å². The highest BCUT2D eigenvalue weighted by Gasteiger charge is 2.27. The number of benzene rings is 1. The van der Waals surface area contributed by atoms with Crippen molar-refractivity contribution in [2.75, 3.05) is 5.32 Å². The molecule has 1 saturated carbocycles. The van der Waals surface area contributed by atoms with Crippen molar-refractivity contribution in [3.63, 3.8) is 0 Å². The lowest BCUT2D eigenvalue weighted by atomic mass is 10.1. The molecule has 21 heavy (non-hydrogen) atoms. The summed E-state index contributed by atoms with van der Waals surface area (Å²) in [5, 5.41) is 15.4. The molecule has 0 unspecified atom stereocenters. The summed E-state index contributed by atoms with van der Waals surface area (Å²) in [6.07, 6.45) is 1.87. The first-order valence-electron chi connectivity index (χ1n) is 6.68. The molecular formula is C14H13ClFN3O2. The van der Waals surface area contributed by atoms with Crippen LogP contribution in [0, 0.1) is 10.1 Å². The van der Waals surface area contributed by atoms with E-state index in [4.69, 9.17) is 11.6 Å². The second-order valence-corrected chi connectivity index (χ2v) is 5.63. The number of nitrogens with one attached hydrogen (secondary N) is 1. The van der Waals surface area contributed by atoms with E-state index in [0.717, 1.165) is 0 Å². The Labute approximate surface area is 125 Å². The van der Waals surface area contributed by atoms with Crippen LogP contribution >= 0.6 is 11.6 Å². The molecule has 2 aromatic rings. The lowest BCUT2D eigenvalue weighted by Crippen LogP contribution is -2.17. The van der Waals surface area contributed by atoms with E-state index in [1.54, 1.807) is 18.2 Å². The number of anilines is 1. The van der Waals surface area contributed by atoms with Crippen LogP contribution in [-0.2, 0) is 0 Å². The average Bonchev–Trinajstić information content (AvgIpc) is 2.84. The van der Waals surface area contributed by atoms with Gasteiger partial charge in [-0.1, -0.05) is 11.6 Å². The van der Waals surface area contributed by atoms with Crippen molar-refractivity contribution in [1.29, 1.82) is 0 Å². The maximum absolute atomic E-state index is 13.3. The van der Waals surface area contributed by atoms with Gasteiger partial charge in [0.05, 0.1) is 10.4 Å². The van der Waals surface area contributed by atoms with Gasteiger partial charge in [-0.25, -0.2) is 9.37 Å². The van der Waals surface area contributed by atoms with Crippen LogP contribution in [0.4, 0.5) is 15.8 Å². The zero-order valence-electron chi connectivity index (χ0n) is 11.1. The normalized spacial score (nSPS) is 21.6. The first-order valence-corrected chi connectivity index (χ1v) is 7.05. The van der Waals surface area contributed by atoms with E-state index in [0.29, 0.717) is 40.9 Å². The molecule has 1 heterocycles. The topological polar surface area (TPSA) is 68.1 Å². The van der Waals surface area contributed by atoms with Gasteiger partial charge >= 0.3 is 5.69 Å². The SMILES string of the molecule is O=[N+]([O-])c1cnc2ccc(Cl)cc2c1N[C@@H]1CC[C@H](F)C1. The van der Waals surface area contributed by atoms with Crippen molar-refractivity contribution in [3.05, 3.63) is 39.5 Å². The predicted octanol–water partition coefficient (Wildman–Crippen LogP) is 4.10. The molecule has 2 atom stereocenters. The molecule has 0 aliphatic heterocycles. The second-order valence-electron chi connectivity index (χ2n) is 5.19. The fourth-order valence-corrected chi connectivity index (χ4v) is 2.88. The number of aromatic nitrogens is 1. The van der Waals surface area contributed by atoms with E-state index in [1.165, 1.54) is 6.20 Å². The number of fused-ring (bicyclic) bond motifs is 1. The van der Waals surface area contributed by atoms with E-state index in [-0.39, 0.29) is 11.7 Å². The summed E-state index contributed by atoms with van der Waals surface area (Å²) < 4.78 is 13.3. The maximum atomic E-state index is 13.3. The summed E-state index contributed by atoms with van der Waals surface area (Å²) in [6, 6.07) is 4.92. The molecule has 1 aromatic carbocycles. The largest absolute Gasteiger partial charge is 0.376 e. The van der Waals surface area contributed by atoms with Gasteiger partial charge in [-0.2, -0.15) is 0 Å². The molecule has 1 aromatic heterocycles. The molecule has 110 valence electrons. The Balaban J connectivity index is 2.09. The molecule has 1 aliphatic carbocycles. The van der Waals surface area contributed by atoms with Gasteiger partial charge in [0.15, 0.2) is 0 Å². The number of nitrogens with zero attached hydrogens (tertiary/aromatic N) is 2.